The molecule has 0 saturated carbocycles. The molecule has 0 aliphatic carbocycles. The summed E-state index contributed by atoms with van der Waals surface area (Å²) in [6, 6.07) is 0. The summed E-state index contributed by atoms with van der Waals surface area (Å²) in [6.07, 6.45) is 0. The lowest BCUT2D eigenvalue weighted by molar-refractivity contribution is -0.146. The van der Waals surface area contributed by atoms with Gasteiger partial charge in [-0.3, -0.25) is 0 Å². The second-order valence-corrected chi connectivity index (χ2v) is 7.97. The molecule has 0 aromatic heterocycles. The standard InChI is InChI=1S/C5H5Br2Cl3O2/c1-4(6,7)3(11)12-5(9,10)2-8/h2H2,1H3. The predicted molar refractivity (Wildman–Crippen MR) is 57.5 cm³/mol. The lowest BCUT2D eigenvalue weighted by atomic mass is 10.5. The van der Waals surface area contributed by atoms with Crippen molar-refractivity contribution < 1.29 is 9.53 Å². The van der Waals surface area contributed by atoms with E-state index in [4.69, 9.17) is 34.8 Å². The van der Waals surface area contributed by atoms with Gasteiger partial charge >= 0.3 is 5.97 Å². The largest absolute Gasteiger partial charge is 0.426 e. The zero-order valence-corrected chi connectivity index (χ0v) is 11.4. The quantitative estimate of drug-likeness (QED) is 0.568. The van der Waals surface area contributed by atoms with E-state index in [9.17, 15) is 4.79 Å². The van der Waals surface area contributed by atoms with Crippen molar-refractivity contribution in [2.75, 3.05) is 5.88 Å². The highest BCUT2D eigenvalue weighted by Crippen LogP contribution is 2.32. The summed E-state index contributed by atoms with van der Waals surface area (Å²) < 4.78 is 1.94. The Hall–Kier alpha value is 1.30. The average Bonchev–Trinajstić information content (AvgIpc) is 1.85. The zero-order valence-electron chi connectivity index (χ0n) is 5.91. The van der Waals surface area contributed by atoms with Crippen LogP contribution in [-0.2, 0) is 9.53 Å². The monoisotopic (exact) mass is 360 g/mol. The number of halogens is 5. The number of carbonyl (C=O) groups is 1. The van der Waals surface area contributed by atoms with Gasteiger partial charge in [0.15, 0.2) is 3.23 Å². The van der Waals surface area contributed by atoms with E-state index in [0.717, 1.165) is 0 Å². The van der Waals surface area contributed by atoms with Crippen LogP contribution in [0.5, 0.6) is 0 Å². The molecule has 0 N–H and O–H groups in total. The summed E-state index contributed by atoms with van der Waals surface area (Å²) in [7, 11) is 0. The van der Waals surface area contributed by atoms with Crippen LogP contribution in [-0.4, -0.2) is 19.6 Å². The van der Waals surface area contributed by atoms with Crippen LogP contribution in [0.2, 0.25) is 0 Å². The molecule has 0 aliphatic rings. The van der Waals surface area contributed by atoms with Crippen LogP contribution in [0.15, 0.2) is 0 Å². The summed E-state index contributed by atoms with van der Waals surface area (Å²) in [5, 5.41) is 0. The molecule has 12 heavy (non-hydrogen) atoms. The fourth-order valence-corrected chi connectivity index (χ4v) is 0.609. The van der Waals surface area contributed by atoms with Crippen molar-refractivity contribution in [1.82, 2.24) is 0 Å². The molecule has 0 rings (SSSR count). The van der Waals surface area contributed by atoms with Crippen molar-refractivity contribution in [3.8, 4) is 0 Å². The molecule has 0 bridgehead atoms. The predicted octanol–water partition coefficient (Wildman–Crippen LogP) is 3.41. The maximum absolute atomic E-state index is 11.1. The van der Waals surface area contributed by atoms with Gasteiger partial charge in [0.1, 0.15) is 0 Å². The van der Waals surface area contributed by atoms with Gasteiger partial charge < -0.3 is 4.74 Å². The highest BCUT2D eigenvalue weighted by molar-refractivity contribution is 9.25. The third kappa shape index (κ3) is 5.12. The molecule has 0 fully saturated rings. The van der Waals surface area contributed by atoms with Crippen LogP contribution in [0.4, 0.5) is 0 Å². The summed E-state index contributed by atoms with van der Waals surface area (Å²) in [6.45, 7) is 1.54. The summed E-state index contributed by atoms with van der Waals surface area (Å²) >= 11 is 22.3. The minimum Gasteiger partial charge on any atom is -0.426 e. The molecule has 0 aromatic carbocycles. The highest BCUT2D eigenvalue weighted by Gasteiger charge is 2.36. The Kier molecular flexibility index (Phi) is 5.20. The molecular weight excluding hydrogens is 358 g/mol. The van der Waals surface area contributed by atoms with Crippen molar-refractivity contribution in [1.29, 1.82) is 0 Å². The second-order valence-electron chi connectivity index (χ2n) is 2.05. The van der Waals surface area contributed by atoms with Gasteiger partial charge in [-0.1, -0.05) is 55.1 Å². The normalized spacial score (nSPS) is 12.8. The first kappa shape index (κ1) is 13.3. The highest BCUT2D eigenvalue weighted by atomic mass is 79.9. The maximum atomic E-state index is 11.1. The van der Waals surface area contributed by atoms with Gasteiger partial charge in [-0.15, -0.1) is 11.6 Å². The van der Waals surface area contributed by atoms with E-state index < -0.39 is 13.7 Å². The first-order valence-electron chi connectivity index (χ1n) is 2.74. The van der Waals surface area contributed by atoms with E-state index >= 15 is 0 Å². The number of esters is 1. The van der Waals surface area contributed by atoms with Crippen molar-refractivity contribution in [2.45, 2.75) is 14.7 Å². The fraction of sp³-hybridized carbons (Fsp3) is 0.800. The lowest BCUT2D eigenvalue weighted by Crippen LogP contribution is -2.32. The van der Waals surface area contributed by atoms with Crippen LogP contribution >= 0.6 is 66.7 Å². The van der Waals surface area contributed by atoms with Gasteiger partial charge in [0, 0.05) is 0 Å². The number of ether oxygens (including phenoxy) is 1. The van der Waals surface area contributed by atoms with Crippen molar-refractivity contribution in [3.63, 3.8) is 0 Å². The Morgan fingerprint density at radius 2 is 1.92 bits per heavy atom. The number of rotatable bonds is 3. The van der Waals surface area contributed by atoms with Crippen LogP contribution in [0.3, 0.4) is 0 Å². The number of alkyl halides is 5. The zero-order chi connectivity index (χ0) is 9.99. The summed E-state index contributed by atoms with van der Waals surface area (Å²) in [5.41, 5.74) is 0. The molecule has 7 heteroatoms. The molecule has 0 heterocycles. The third-order valence-electron chi connectivity index (χ3n) is 0.756. The fourth-order valence-electron chi connectivity index (χ4n) is 0.253. The van der Waals surface area contributed by atoms with Crippen molar-refractivity contribution >= 4 is 72.6 Å². The summed E-state index contributed by atoms with van der Waals surface area (Å²) in [4.78, 5) is 11.1. The van der Waals surface area contributed by atoms with E-state index in [0.29, 0.717) is 0 Å². The van der Waals surface area contributed by atoms with E-state index in [1.54, 1.807) is 0 Å². The Morgan fingerprint density at radius 1 is 1.50 bits per heavy atom. The minimum absolute atomic E-state index is 0.196. The second kappa shape index (κ2) is 4.69. The molecule has 0 unspecified atom stereocenters. The maximum Gasteiger partial charge on any atom is 0.336 e. The number of carbonyl (C=O) groups excluding carboxylic acids is 1. The van der Waals surface area contributed by atoms with E-state index in [1.165, 1.54) is 6.92 Å². The van der Waals surface area contributed by atoms with Gasteiger partial charge in [-0.05, 0) is 6.92 Å². The Morgan fingerprint density at radius 3 is 2.17 bits per heavy atom. The Bertz CT molecular complexity index is 178. The molecule has 0 radical (unpaired) electrons. The van der Waals surface area contributed by atoms with Crippen molar-refractivity contribution in [3.05, 3.63) is 0 Å². The lowest BCUT2D eigenvalue weighted by Gasteiger charge is -2.21. The van der Waals surface area contributed by atoms with E-state index in [2.05, 4.69) is 36.6 Å². The number of hydrogen-bond donors (Lipinski definition) is 0. The molecule has 0 spiro atoms. The first-order valence-corrected chi connectivity index (χ1v) is 5.62. The third-order valence-corrected chi connectivity index (χ3v) is 2.48. The molecule has 0 aliphatic heterocycles. The van der Waals surface area contributed by atoms with Gasteiger partial charge in [0.05, 0.1) is 5.88 Å². The van der Waals surface area contributed by atoms with Crippen LogP contribution in [0.25, 0.3) is 0 Å². The van der Waals surface area contributed by atoms with Gasteiger partial charge in [-0.2, -0.15) is 0 Å². The molecule has 2 nitrogen and oxygen atoms in total. The minimum atomic E-state index is -1.68. The van der Waals surface area contributed by atoms with Crippen molar-refractivity contribution in [2.24, 2.45) is 0 Å². The Labute approximate surface area is 102 Å². The molecule has 0 amide bonds. The smallest absolute Gasteiger partial charge is 0.336 e. The van der Waals surface area contributed by atoms with Gasteiger partial charge in [-0.25, -0.2) is 4.79 Å². The molecule has 0 saturated heterocycles. The molecular formula is C5H5Br2Cl3O2. The van der Waals surface area contributed by atoms with E-state index in [-0.39, 0.29) is 5.88 Å². The van der Waals surface area contributed by atoms with Crippen LogP contribution in [0, 0.1) is 0 Å². The Balaban J connectivity index is 4.20. The average molecular weight is 363 g/mol. The van der Waals surface area contributed by atoms with E-state index in [1.807, 2.05) is 0 Å². The summed E-state index contributed by atoms with van der Waals surface area (Å²) in [5.74, 6) is -0.842. The van der Waals surface area contributed by atoms with Gasteiger partial charge in [0.25, 0.3) is 4.52 Å². The number of hydrogen-bond acceptors (Lipinski definition) is 2. The van der Waals surface area contributed by atoms with Gasteiger partial charge in [0.2, 0.25) is 0 Å². The topological polar surface area (TPSA) is 26.3 Å². The SMILES string of the molecule is CC(Br)(Br)C(=O)OC(Cl)(Cl)CCl. The first-order chi connectivity index (χ1) is 5.19. The molecule has 0 aromatic rings. The molecule has 0 atom stereocenters. The van der Waals surface area contributed by atoms with Crippen LogP contribution in [0.1, 0.15) is 6.92 Å². The van der Waals surface area contributed by atoms with Crippen LogP contribution < -0.4 is 0 Å². The molecule has 72 valence electrons.